The monoisotopic (exact) mass is 364 g/mol. The summed E-state index contributed by atoms with van der Waals surface area (Å²) in [4.78, 5) is 4.32. The van der Waals surface area contributed by atoms with Gasteiger partial charge in [-0.05, 0) is 31.2 Å². The molecule has 0 N–H and O–H groups in total. The number of ether oxygens (including phenoxy) is 1. The Labute approximate surface area is 152 Å². The molecule has 1 saturated heterocycles. The van der Waals surface area contributed by atoms with Crippen LogP contribution in [0.2, 0.25) is 0 Å². The van der Waals surface area contributed by atoms with Crippen molar-refractivity contribution < 1.29 is 17.9 Å². The predicted molar refractivity (Wildman–Crippen MR) is 96.7 cm³/mol. The van der Waals surface area contributed by atoms with Crippen molar-refractivity contribution in [2.24, 2.45) is 0 Å². The summed E-state index contributed by atoms with van der Waals surface area (Å²) < 4.78 is 44.1. The Bertz CT molecular complexity index is 753. The number of nitrogens with zero attached hydrogens (tertiary/aromatic N) is 2. The molecule has 2 aromatic rings. The molecule has 26 heavy (non-hydrogen) atoms. The Balaban J connectivity index is 1.64. The lowest BCUT2D eigenvalue weighted by molar-refractivity contribution is -0.137. The zero-order valence-corrected chi connectivity index (χ0v) is 15.0. The highest BCUT2D eigenvalue weighted by molar-refractivity contribution is 5.49. The van der Waals surface area contributed by atoms with Gasteiger partial charge in [0.05, 0.1) is 12.7 Å². The summed E-state index contributed by atoms with van der Waals surface area (Å²) >= 11 is 0. The SMILES string of the molecule is COc1ccc(C)cc1CN1CCN(c2cccc(C(F)(F)F)c2)CC1. The molecule has 0 radical (unpaired) electrons. The van der Waals surface area contributed by atoms with Crippen LogP contribution in [0.5, 0.6) is 5.75 Å². The van der Waals surface area contributed by atoms with E-state index in [0.717, 1.165) is 37.0 Å². The van der Waals surface area contributed by atoms with E-state index in [4.69, 9.17) is 4.74 Å². The van der Waals surface area contributed by atoms with Gasteiger partial charge in [-0.1, -0.05) is 23.8 Å². The number of methoxy groups -OCH3 is 1. The number of rotatable bonds is 4. The zero-order valence-electron chi connectivity index (χ0n) is 15.0. The van der Waals surface area contributed by atoms with Crippen LogP contribution in [0.15, 0.2) is 42.5 Å². The molecular formula is C20H23F3N2O. The highest BCUT2D eigenvalue weighted by Gasteiger charge is 2.31. The predicted octanol–water partition coefficient (Wildman–Crippen LogP) is 4.34. The Morgan fingerprint density at radius 2 is 1.73 bits per heavy atom. The Morgan fingerprint density at radius 1 is 1.00 bits per heavy atom. The largest absolute Gasteiger partial charge is 0.496 e. The Morgan fingerprint density at radius 3 is 2.38 bits per heavy atom. The first-order chi connectivity index (χ1) is 12.4. The maximum Gasteiger partial charge on any atom is 0.416 e. The molecule has 140 valence electrons. The quantitative estimate of drug-likeness (QED) is 0.802. The Hall–Kier alpha value is -2.21. The summed E-state index contributed by atoms with van der Waals surface area (Å²) in [6.45, 7) is 5.83. The van der Waals surface area contributed by atoms with E-state index in [1.54, 1.807) is 13.2 Å². The van der Waals surface area contributed by atoms with E-state index in [-0.39, 0.29) is 0 Å². The van der Waals surface area contributed by atoms with Gasteiger partial charge < -0.3 is 9.64 Å². The lowest BCUT2D eigenvalue weighted by atomic mass is 10.1. The molecule has 0 aliphatic carbocycles. The minimum atomic E-state index is -4.31. The second kappa shape index (κ2) is 7.58. The van der Waals surface area contributed by atoms with Crippen molar-refractivity contribution >= 4 is 5.69 Å². The van der Waals surface area contributed by atoms with Crippen LogP contribution in [0.25, 0.3) is 0 Å². The summed E-state index contributed by atoms with van der Waals surface area (Å²) in [7, 11) is 1.67. The number of piperazine rings is 1. The standard InChI is InChI=1S/C20H23F3N2O/c1-15-6-7-19(26-2)16(12-15)14-24-8-10-25(11-9-24)18-5-3-4-17(13-18)20(21,22)23/h3-7,12-13H,8-11,14H2,1-2H3. The maximum absolute atomic E-state index is 12.9. The first kappa shape index (κ1) is 18.6. The fourth-order valence-electron chi connectivity index (χ4n) is 3.31. The van der Waals surface area contributed by atoms with Gasteiger partial charge in [0.25, 0.3) is 0 Å². The topological polar surface area (TPSA) is 15.7 Å². The van der Waals surface area contributed by atoms with Crippen LogP contribution < -0.4 is 9.64 Å². The number of halogens is 3. The van der Waals surface area contributed by atoms with Crippen LogP contribution in [0.1, 0.15) is 16.7 Å². The van der Waals surface area contributed by atoms with Crippen LogP contribution in [0.3, 0.4) is 0 Å². The van der Waals surface area contributed by atoms with Crippen molar-refractivity contribution in [2.75, 3.05) is 38.2 Å². The van der Waals surface area contributed by atoms with Crippen LogP contribution in [0, 0.1) is 6.92 Å². The molecule has 0 aromatic heterocycles. The third-order valence-corrected chi connectivity index (χ3v) is 4.74. The van der Waals surface area contributed by atoms with Gasteiger partial charge in [0.1, 0.15) is 5.75 Å². The van der Waals surface area contributed by atoms with Gasteiger partial charge in [-0.15, -0.1) is 0 Å². The zero-order chi connectivity index (χ0) is 18.7. The second-order valence-electron chi connectivity index (χ2n) is 6.63. The third-order valence-electron chi connectivity index (χ3n) is 4.74. The second-order valence-corrected chi connectivity index (χ2v) is 6.63. The molecule has 2 aromatic carbocycles. The molecule has 0 atom stereocenters. The summed E-state index contributed by atoms with van der Waals surface area (Å²) in [6.07, 6.45) is -4.31. The number of benzene rings is 2. The molecule has 1 aliphatic heterocycles. The molecule has 6 heteroatoms. The average Bonchev–Trinajstić information content (AvgIpc) is 2.62. The highest BCUT2D eigenvalue weighted by Crippen LogP contribution is 2.32. The van der Waals surface area contributed by atoms with E-state index in [1.165, 1.54) is 17.7 Å². The molecule has 0 unspecified atom stereocenters. The van der Waals surface area contributed by atoms with Crippen LogP contribution in [-0.4, -0.2) is 38.2 Å². The molecule has 3 nitrogen and oxygen atoms in total. The smallest absolute Gasteiger partial charge is 0.416 e. The fourth-order valence-corrected chi connectivity index (χ4v) is 3.31. The van der Waals surface area contributed by atoms with Gasteiger partial charge in [0.15, 0.2) is 0 Å². The van der Waals surface area contributed by atoms with Crippen molar-refractivity contribution in [3.63, 3.8) is 0 Å². The summed E-state index contributed by atoms with van der Waals surface area (Å²) in [5, 5.41) is 0. The molecule has 1 heterocycles. The molecule has 0 saturated carbocycles. The lowest BCUT2D eigenvalue weighted by Crippen LogP contribution is -2.46. The van der Waals surface area contributed by atoms with E-state index in [2.05, 4.69) is 17.9 Å². The molecule has 0 amide bonds. The lowest BCUT2D eigenvalue weighted by Gasteiger charge is -2.36. The molecule has 0 spiro atoms. The number of anilines is 1. The van der Waals surface area contributed by atoms with Crippen LogP contribution in [0.4, 0.5) is 18.9 Å². The summed E-state index contributed by atoms with van der Waals surface area (Å²) in [5.74, 6) is 0.871. The minimum Gasteiger partial charge on any atom is -0.496 e. The van der Waals surface area contributed by atoms with E-state index in [1.807, 2.05) is 17.0 Å². The van der Waals surface area contributed by atoms with Crippen LogP contribution in [-0.2, 0) is 12.7 Å². The van der Waals surface area contributed by atoms with Gasteiger partial charge in [0, 0.05) is 44.0 Å². The van der Waals surface area contributed by atoms with Gasteiger partial charge in [-0.2, -0.15) is 13.2 Å². The van der Waals surface area contributed by atoms with E-state index in [9.17, 15) is 13.2 Å². The Kier molecular flexibility index (Phi) is 5.41. The molecule has 1 aliphatic rings. The summed E-state index contributed by atoms with van der Waals surface area (Å²) in [6, 6.07) is 11.7. The average molecular weight is 364 g/mol. The third kappa shape index (κ3) is 4.30. The highest BCUT2D eigenvalue weighted by atomic mass is 19.4. The van der Waals surface area contributed by atoms with E-state index >= 15 is 0 Å². The number of aryl methyl sites for hydroxylation is 1. The van der Waals surface area contributed by atoms with Crippen molar-refractivity contribution in [1.82, 2.24) is 4.90 Å². The van der Waals surface area contributed by atoms with Crippen molar-refractivity contribution in [2.45, 2.75) is 19.6 Å². The molecular weight excluding hydrogens is 341 g/mol. The first-order valence-electron chi connectivity index (χ1n) is 8.65. The minimum absolute atomic E-state index is 0.595. The molecule has 0 bridgehead atoms. The summed E-state index contributed by atoms with van der Waals surface area (Å²) in [5.41, 5.74) is 2.36. The van der Waals surface area contributed by atoms with Crippen LogP contribution >= 0.6 is 0 Å². The van der Waals surface area contributed by atoms with Gasteiger partial charge in [-0.25, -0.2) is 0 Å². The van der Waals surface area contributed by atoms with Gasteiger partial charge in [0.2, 0.25) is 0 Å². The van der Waals surface area contributed by atoms with E-state index in [0.29, 0.717) is 18.8 Å². The maximum atomic E-state index is 12.9. The fraction of sp³-hybridized carbons (Fsp3) is 0.400. The van der Waals surface area contributed by atoms with Crippen molar-refractivity contribution in [3.05, 3.63) is 59.2 Å². The van der Waals surface area contributed by atoms with Crippen molar-refractivity contribution in [3.8, 4) is 5.75 Å². The first-order valence-corrected chi connectivity index (χ1v) is 8.65. The number of hydrogen-bond acceptors (Lipinski definition) is 3. The number of hydrogen-bond donors (Lipinski definition) is 0. The normalized spacial score (nSPS) is 16.0. The van der Waals surface area contributed by atoms with Gasteiger partial charge in [-0.3, -0.25) is 4.90 Å². The van der Waals surface area contributed by atoms with Crippen molar-refractivity contribution in [1.29, 1.82) is 0 Å². The van der Waals surface area contributed by atoms with E-state index < -0.39 is 11.7 Å². The van der Waals surface area contributed by atoms with Gasteiger partial charge >= 0.3 is 6.18 Å². The molecule has 3 rings (SSSR count). The number of alkyl halides is 3. The molecule has 1 fully saturated rings.